The molecule has 2 aromatic carbocycles. The SMILES string of the molecule is CC[C@H](C(=O)NC(C)C)N(Cc1ccccc1)C(=O)COc1ccccc1C(C)C. The third-order valence-electron chi connectivity index (χ3n) is 4.90. The van der Waals surface area contributed by atoms with E-state index in [1.807, 2.05) is 75.4 Å². The molecule has 0 aliphatic rings. The molecule has 0 radical (unpaired) electrons. The van der Waals surface area contributed by atoms with Crippen LogP contribution in [0.5, 0.6) is 5.75 Å². The van der Waals surface area contributed by atoms with Gasteiger partial charge in [0, 0.05) is 12.6 Å². The summed E-state index contributed by atoms with van der Waals surface area (Å²) in [4.78, 5) is 27.6. The average Bonchev–Trinajstić information content (AvgIpc) is 2.72. The van der Waals surface area contributed by atoms with Crippen molar-refractivity contribution in [2.45, 2.75) is 65.6 Å². The first kappa shape index (κ1) is 23.5. The maximum atomic E-state index is 13.2. The Balaban J connectivity index is 2.22. The van der Waals surface area contributed by atoms with E-state index in [-0.39, 0.29) is 30.4 Å². The van der Waals surface area contributed by atoms with Crippen molar-refractivity contribution >= 4 is 11.8 Å². The zero-order chi connectivity index (χ0) is 22.1. The fraction of sp³-hybridized carbons (Fsp3) is 0.440. The Morgan fingerprint density at radius 2 is 1.60 bits per heavy atom. The van der Waals surface area contributed by atoms with Crippen molar-refractivity contribution in [1.82, 2.24) is 10.2 Å². The summed E-state index contributed by atoms with van der Waals surface area (Å²) in [6.45, 7) is 10.2. The lowest BCUT2D eigenvalue weighted by molar-refractivity contribution is -0.143. The molecule has 0 aliphatic carbocycles. The minimum absolute atomic E-state index is 0.00870. The van der Waals surface area contributed by atoms with E-state index < -0.39 is 6.04 Å². The Bertz CT molecular complexity index is 818. The van der Waals surface area contributed by atoms with E-state index in [9.17, 15) is 9.59 Å². The van der Waals surface area contributed by atoms with Crippen LogP contribution in [0.4, 0.5) is 0 Å². The van der Waals surface area contributed by atoms with E-state index in [1.54, 1.807) is 4.90 Å². The highest BCUT2D eigenvalue weighted by atomic mass is 16.5. The number of nitrogens with zero attached hydrogens (tertiary/aromatic N) is 1. The maximum Gasteiger partial charge on any atom is 0.261 e. The lowest BCUT2D eigenvalue weighted by Crippen LogP contribution is -2.51. The predicted molar refractivity (Wildman–Crippen MR) is 120 cm³/mol. The minimum atomic E-state index is -0.552. The molecule has 0 bridgehead atoms. The molecular weight excluding hydrogens is 376 g/mol. The predicted octanol–water partition coefficient (Wildman–Crippen LogP) is 4.52. The first-order valence-corrected chi connectivity index (χ1v) is 10.7. The third kappa shape index (κ3) is 6.61. The summed E-state index contributed by atoms with van der Waals surface area (Å²) in [5.74, 6) is 0.652. The van der Waals surface area contributed by atoms with Crippen LogP contribution in [0.3, 0.4) is 0 Å². The van der Waals surface area contributed by atoms with Crippen LogP contribution < -0.4 is 10.1 Å². The molecule has 5 nitrogen and oxygen atoms in total. The highest BCUT2D eigenvalue weighted by molar-refractivity contribution is 5.88. The first-order valence-electron chi connectivity index (χ1n) is 10.7. The lowest BCUT2D eigenvalue weighted by atomic mass is 10.0. The molecule has 0 aliphatic heterocycles. The van der Waals surface area contributed by atoms with Gasteiger partial charge in [-0.2, -0.15) is 0 Å². The van der Waals surface area contributed by atoms with E-state index in [0.717, 1.165) is 11.1 Å². The molecular formula is C25H34N2O3. The highest BCUT2D eigenvalue weighted by Crippen LogP contribution is 2.26. The Labute approximate surface area is 180 Å². The van der Waals surface area contributed by atoms with Gasteiger partial charge < -0.3 is 15.0 Å². The number of benzene rings is 2. The van der Waals surface area contributed by atoms with Crippen LogP contribution in [-0.4, -0.2) is 35.4 Å². The number of carbonyl (C=O) groups is 2. The van der Waals surface area contributed by atoms with Crippen LogP contribution in [0.2, 0.25) is 0 Å². The van der Waals surface area contributed by atoms with Gasteiger partial charge >= 0.3 is 0 Å². The fourth-order valence-corrected chi connectivity index (χ4v) is 3.39. The van der Waals surface area contributed by atoms with Crippen LogP contribution in [-0.2, 0) is 16.1 Å². The summed E-state index contributed by atoms with van der Waals surface area (Å²) in [7, 11) is 0. The van der Waals surface area contributed by atoms with Gasteiger partial charge in [-0.15, -0.1) is 0 Å². The number of rotatable bonds is 10. The number of ether oxygens (including phenoxy) is 1. The molecule has 2 aromatic rings. The molecule has 30 heavy (non-hydrogen) atoms. The van der Waals surface area contributed by atoms with Gasteiger partial charge in [0.15, 0.2) is 6.61 Å². The van der Waals surface area contributed by atoms with Gasteiger partial charge in [-0.25, -0.2) is 0 Å². The standard InChI is InChI=1S/C25H34N2O3/c1-6-22(25(29)26-19(4)5)27(16-20-12-8-7-9-13-20)24(28)17-30-23-15-11-10-14-21(23)18(2)3/h7-15,18-19,22H,6,16-17H2,1-5H3,(H,26,29)/t22-/m1/s1. The average molecular weight is 411 g/mol. The molecule has 162 valence electrons. The van der Waals surface area contributed by atoms with E-state index in [2.05, 4.69) is 19.2 Å². The summed E-state index contributed by atoms with van der Waals surface area (Å²) in [5, 5.41) is 2.94. The Kier molecular flexibility index (Phi) is 8.90. The van der Waals surface area contributed by atoms with E-state index >= 15 is 0 Å². The number of amides is 2. The molecule has 1 atom stereocenters. The number of carbonyl (C=O) groups excluding carboxylic acids is 2. The molecule has 0 saturated heterocycles. The second-order valence-corrected chi connectivity index (χ2v) is 8.08. The zero-order valence-electron chi connectivity index (χ0n) is 18.7. The van der Waals surface area contributed by atoms with Crippen molar-refractivity contribution in [1.29, 1.82) is 0 Å². The number of hydrogen-bond donors (Lipinski definition) is 1. The number of hydrogen-bond acceptors (Lipinski definition) is 3. The summed E-state index contributed by atoms with van der Waals surface area (Å²) in [5.41, 5.74) is 2.04. The summed E-state index contributed by atoms with van der Waals surface area (Å²) in [6, 6.07) is 16.9. The van der Waals surface area contributed by atoms with Gasteiger partial charge in [0.25, 0.3) is 5.91 Å². The van der Waals surface area contributed by atoms with Gasteiger partial charge in [0.05, 0.1) is 0 Å². The lowest BCUT2D eigenvalue weighted by Gasteiger charge is -2.31. The topological polar surface area (TPSA) is 58.6 Å². The van der Waals surface area contributed by atoms with Crippen LogP contribution in [0, 0.1) is 0 Å². The molecule has 2 rings (SSSR count). The van der Waals surface area contributed by atoms with Gasteiger partial charge in [0.1, 0.15) is 11.8 Å². The number of nitrogens with one attached hydrogen (secondary N) is 1. The Morgan fingerprint density at radius 3 is 2.20 bits per heavy atom. The van der Waals surface area contributed by atoms with E-state index in [0.29, 0.717) is 18.7 Å². The smallest absolute Gasteiger partial charge is 0.261 e. The number of para-hydroxylation sites is 1. The fourth-order valence-electron chi connectivity index (χ4n) is 3.39. The van der Waals surface area contributed by atoms with Gasteiger partial charge in [-0.05, 0) is 43.4 Å². The Morgan fingerprint density at radius 1 is 0.967 bits per heavy atom. The minimum Gasteiger partial charge on any atom is -0.483 e. The van der Waals surface area contributed by atoms with Crippen molar-refractivity contribution in [3.05, 3.63) is 65.7 Å². The second kappa shape index (κ2) is 11.4. The maximum absolute atomic E-state index is 13.2. The van der Waals surface area contributed by atoms with Crippen molar-refractivity contribution in [3.8, 4) is 5.75 Å². The third-order valence-corrected chi connectivity index (χ3v) is 4.90. The second-order valence-electron chi connectivity index (χ2n) is 8.08. The zero-order valence-corrected chi connectivity index (χ0v) is 18.7. The van der Waals surface area contributed by atoms with Crippen LogP contribution in [0.1, 0.15) is 58.1 Å². The van der Waals surface area contributed by atoms with Gasteiger partial charge in [-0.1, -0.05) is 69.3 Å². The van der Waals surface area contributed by atoms with Crippen molar-refractivity contribution in [2.24, 2.45) is 0 Å². The molecule has 0 unspecified atom stereocenters. The molecule has 1 N–H and O–H groups in total. The first-order chi connectivity index (χ1) is 14.3. The normalized spacial score (nSPS) is 12.0. The molecule has 0 heterocycles. The Hall–Kier alpha value is -2.82. The van der Waals surface area contributed by atoms with Crippen LogP contribution in [0.25, 0.3) is 0 Å². The van der Waals surface area contributed by atoms with Gasteiger partial charge in [0.2, 0.25) is 5.91 Å². The molecule has 5 heteroatoms. The molecule has 0 saturated carbocycles. The largest absolute Gasteiger partial charge is 0.483 e. The summed E-state index contributed by atoms with van der Waals surface area (Å²) in [6.07, 6.45) is 0.527. The molecule has 2 amide bonds. The van der Waals surface area contributed by atoms with E-state index in [1.165, 1.54) is 0 Å². The monoisotopic (exact) mass is 410 g/mol. The summed E-state index contributed by atoms with van der Waals surface area (Å²) < 4.78 is 5.91. The van der Waals surface area contributed by atoms with Crippen molar-refractivity contribution in [3.63, 3.8) is 0 Å². The van der Waals surface area contributed by atoms with Crippen molar-refractivity contribution < 1.29 is 14.3 Å². The van der Waals surface area contributed by atoms with Crippen LogP contribution in [0.15, 0.2) is 54.6 Å². The van der Waals surface area contributed by atoms with E-state index in [4.69, 9.17) is 4.74 Å². The summed E-state index contributed by atoms with van der Waals surface area (Å²) >= 11 is 0. The molecule has 0 spiro atoms. The van der Waals surface area contributed by atoms with Crippen molar-refractivity contribution in [2.75, 3.05) is 6.61 Å². The molecule has 0 fully saturated rings. The highest BCUT2D eigenvalue weighted by Gasteiger charge is 2.29. The molecule has 0 aromatic heterocycles. The van der Waals surface area contributed by atoms with Gasteiger partial charge in [-0.3, -0.25) is 9.59 Å². The quantitative estimate of drug-likeness (QED) is 0.626. The van der Waals surface area contributed by atoms with Crippen LogP contribution >= 0.6 is 0 Å².